The summed E-state index contributed by atoms with van der Waals surface area (Å²) in [5, 5.41) is 5.17. The molecule has 1 aromatic carbocycles. The molecule has 0 amide bonds. The molecule has 1 aliphatic rings. The quantitative estimate of drug-likeness (QED) is 0.831. The van der Waals surface area contributed by atoms with Crippen LogP contribution in [-0.4, -0.2) is 60.5 Å². The molecular formula is C15H21N5O3S. The largest absolute Gasteiger partial charge is 0.497 e. The lowest BCUT2D eigenvalue weighted by Crippen LogP contribution is -2.50. The number of methoxy groups -OCH3 is 1. The van der Waals surface area contributed by atoms with Crippen LogP contribution in [0.4, 0.5) is 0 Å². The van der Waals surface area contributed by atoms with Gasteiger partial charge in [0.25, 0.3) is 10.2 Å². The number of hydrogen-bond donors (Lipinski definition) is 1. The Hall–Kier alpha value is -1.94. The minimum absolute atomic E-state index is 0.405. The van der Waals surface area contributed by atoms with Crippen molar-refractivity contribution in [3.63, 3.8) is 0 Å². The van der Waals surface area contributed by atoms with Crippen LogP contribution in [0, 0.1) is 0 Å². The highest BCUT2D eigenvalue weighted by Gasteiger charge is 2.24. The Kier molecular flexibility index (Phi) is 4.86. The van der Waals surface area contributed by atoms with Gasteiger partial charge >= 0.3 is 0 Å². The van der Waals surface area contributed by atoms with Gasteiger partial charge in [-0.15, -0.1) is 0 Å². The fourth-order valence-electron chi connectivity index (χ4n) is 2.77. The number of ether oxygens (including phenoxy) is 1. The number of benzene rings is 1. The summed E-state index contributed by atoms with van der Waals surface area (Å²) >= 11 is 0. The molecule has 3 rings (SSSR count). The van der Waals surface area contributed by atoms with E-state index < -0.39 is 10.2 Å². The summed E-state index contributed by atoms with van der Waals surface area (Å²) in [5.41, 5.74) is 1.01. The van der Waals surface area contributed by atoms with Gasteiger partial charge in [-0.2, -0.15) is 12.7 Å². The molecule has 0 radical (unpaired) electrons. The molecule has 1 fully saturated rings. The van der Waals surface area contributed by atoms with Gasteiger partial charge in [-0.25, -0.2) is 10.1 Å². The minimum atomic E-state index is -3.60. The predicted molar refractivity (Wildman–Crippen MR) is 90.1 cm³/mol. The fourth-order valence-corrected chi connectivity index (χ4v) is 3.44. The van der Waals surface area contributed by atoms with Crippen LogP contribution in [0.2, 0.25) is 0 Å². The van der Waals surface area contributed by atoms with Gasteiger partial charge in [0, 0.05) is 44.3 Å². The van der Waals surface area contributed by atoms with Crippen molar-refractivity contribution in [1.29, 1.82) is 0 Å². The lowest BCUT2D eigenvalue weighted by atomic mass is 10.3. The number of rotatable bonds is 5. The Balaban J connectivity index is 1.68. The molecule has 1 aromatic heterocycles. The highest BCUT2D eigenvalue weighted by Crippen LogP contribution is 2.17. The van der Waals surface area contributed by atoms with E-state index in [2.05, 4.69) is 9.88 Å². The Morgan fingerprint density at radius 2 is 1.83 bits per heavy atom. The third-order valence-corrected chi connectivity index (χ3v) is 5.21. The van der Waals surface area contributed by atoms with Crippen molar-refractivity contribution in [3.05, 3.63) is 42.5 Å². The second-order valence-electron chi connectivity index (χ2n) is 5.63. The van der Waals surface area contributed by atoms with Gasteiger partial charge in [-0.05, 0) is 24.3 Å². The normalized spacial score (nSPS) is 17.1. The molecule has 2 heterocycles. The molecule has 0 unspecified atom stereocenters. The Labute approximate surface area is 141 Å². The molecule has 0 saturated carbocycles. The van der Waals surface area contributed by atoms with E-state index >= 15 is 0 Å². The second kappa shape index (κ2) is 6.89. The molecule has 8 nitrogen and oxygen atoms in total. The molecule has 130 valence electrons. The number of imidazole rings is 1. The van der Waals surface area contributed by atoms with Gasteiger partial charge in [0.2, 0.25) is 0 Å². The van der Waals surface area contributed by atoms with Crippen LogP contribution < -0.4 is 9.88 Å². The van der Waals surface area contributed by atoms with Crippen molar-refractivity contribution in [2.45, 2.75) is 6.54 Å². The number of nitrogens with two attached hydrogens (primary N) is 1. The zero-order valence-electron chi connectivity index (χ0n) is 13.5. The maximum absolute atomic E-state index is 11.4. The average molecular weight is 351 g/mol. The molecular weight excluding hydrogens is 330 g/mol. The third kappa shape index (κ3) is 3.75. The van der Waals surface area contributed by atoms with Gasteiger partial charge in [0.05, 0.1) is 13.7 Å². The Bertz CT molecular complexity index is 780. The van der Waals surface area contributed by atoms with Crippen LogP contribution in [0.15, 0.2) is 36.7 Å². The van der Waals surface area contributed by atoms with E-state index in [4.69, 9.17) is 9.88 Å². The van der Waals surface area contributed by atoms with E-state index in [9.17, 15) is 8.42 Å². The lowest BCUT2D eigenvalue weighted by Gasteiger charge is -2.32. The molecule has 9 heteroatoms. The van der Waals surface area contributed by atoms with Crippen LogP contribution in [0.1, 0.15) is 5.82 Å². The standard InChI is InChI=1S/C15H21N5O3S/c1-23-14-4-2-13(3-5-14)20-7-6-17-15(20)12-18-8-10-19(11-9-18)24(16,21)22/h2-7H,8-12H2,1H3,(H2,16,21,22). The first-order valence-corrected chi connectivity index (χ1v) is 9.14. The molecule has 0 bridgehead atoms. The smallest absolute Gasteiger partial charge is 0.276 e. The van der Waals surface area contributed by atoms with Gasteiger partial charge < -0.3 is 9.30 Å². The van der Waals surface area contributed by atoms with E-state index in [-0.39, 0.29) is 0 Å². The van der Waals surface area contributed by atoms with E-state index in [0.717, 1.165) is 17.3 Å². The molecule has 2 N–H and O–H groups in total. The summed E-state index contributed by atoms with van der Waals surface area (Å²) in [6.45, 7) is 2.72. The molecule has 0 aliphatic carbocycles. The van der Waals surface area contributed by atoms with Gasteiger partial charge in [-0.1, -0.05) is 0 Å². The van der Waals surface area contributed by atoms with Crippen molar-refractivity contribution in [3.8, 4) is 11.4 Å². The summed E-state index contributed by atoms with van der Waals surface area (Å²) in [6.07, 6.45) is 3.68. The van der Waals surface area contributed by atoms with Crippen LogP contribution in [-0.2, 0) is 16.8 Å². The van der Waals surface area contributed by atoms with E-state index in [1.807, 2.05) is 35.0 Å². The van der Waals surface area contributed by atoms with Crippen molar-refractivity contribution in [1.82, 2.24) is 18.8 Å². The van der Waals surface area contributed by atoms with Crippen molar-refractivity contribution in [2.24, 2.45) is 5.14 Å². The van der Waals surface area contributed by atoms with Gasteiger partial charge in [0.1, 0.15) is 11.6 Å². The third-order valence-electron chi connectivity index (χ3n) is 4.12. The maximum Gasteiger partial charge on any atom is 0.276 e. The first-order valence-electron chi connectivity index (χ1n) is 7.64. The highest BCUT2D eigenvalue weighted by atomic mass is 32.2. The van der Waals surface area contributed by atoms with E-state index in [1.54, 1.807) is 13.3 Å². The van der Waals surface area contributed by atoms with Crippen molar-refractivity contribution < 1.29 is 13.2 Å². The van der Waals surface area contributed by atoms with Crippen LogP contribution in [0.25, 0.3) is 5.69 Å². The van der Waals surface area contributed by atoms with Crippen LogP contribution in [0.5, 0.6) is 5.75 Å². The average Bonchev–Trinajstić information content (AvgIpc) is 3.03. The van der Waals surface area contributed by atoms with Crippen molar-refractivity contribution in [2.75, 3.05) is 33.3 Å². The summed E-state index contributed by atoms with van der Waals surface area (Å²) in [5.74, 6) is 1.71. The first kappa shape index (κ1) is 16.9. The highest BCUT2D eigenvalue weighted by molar-refractivity contribution is 7.86. The number of nitrogens with zero attached hydrogens (tertiary/aromatic N) is 4. The molecule has 1 saturated heterocycles. The molecule has 2 aromatic rings. The topological polar surface area (TPSA) is 93.7 Å². The van der Waals surface area contributed by atoms with Crippen LogP contribution in [0.3, 0.4) is 0 Å². The Morgan fingerprint density at radius 3 is 2.42 bits per heavy atom. The van der Waals surface area contributed by atoms with Crippen LogP contribution >= 0.6 is 0 Å². The van der Waals surface area contributed by atoms with Gasteiger partial charge in [0.15, 0.2) is 0 Å². The van der Waals surface area contributed by atoms with Gasteiger partial charge in [-0.3, -0.25) is 4.90 Å². The van der Waals surface area contributed by atoms with E-state index in [0.29, 0.717) is 32.7 Å². The monoisotopic (exact) mass is 351 g/mol. The van der Waals surface area contributed by atoms with E-state index in [1.165, 1.54) is 4.31 Å². The lowest BCUT2D eigenvalue weighted by molar-refractivity contribution is 0.177. The number of piperazine rings is 1. The second-order valence-corrected chi connectivity index (χ2v) is 7.18. The zero-order valence-corrected chi connectivity index (χ0v) is 14.3. The molecule has 1 aliphatic heterocycles. The Morgan fingerprint density at radius 1 is 1.17 bits per heavy atom. The molecule has 24 heavy (non-hydrogen) atoms. The summed E-state index contributed by atoms with van der Waals surface area (Å²) < 4.78 is 31.2. The minimum Gasteiger partial charge on any atom is -0.497 e. The zero-order chi connectivity index (χ0) is 17.2. The summed E-state index contributed by atoms with van der Waals surface area (Å²) in [4.78, 5) is 6.60. The number of hydrogen-bond acceptors (Lipinski definition) is 5. The molecule has 0 spiro atoms. The first-order chi connectivity index (χ1) is 11.5. The predicted octanol–water partition coefficient (Wildman–Crippen LogP) is 0.202. The summed E-state index contributed by atoms with van der Waals surface area (Å²) in [6, 6.07) is 7.76. The number of aromatic nitrogens is 2. The van der Waals surface area contributed by atoms with Crippen molar-refractivity contribution >= 4 is 10.2 Å². The maximum atomic E-state index is 11.4. The fraction of sp³-hybridized carbons (Fsp3) is 0.400. The molecule has 0 atom stereocenters. The SMILES string of the molecule is COc1ccc(-n2ccnc2CN2CCN(S(N)(=O)=O)CC2)cc1. The summed E-state index contributed by atoms with van der Waals surface area (Å²) in [7, 11) is -1.96.